The van der Waals surface area contributed by atoms with E-state index >= 15 is 0 Å². The smallest absolute Gasteiger partial charge is 0.321 e. The molecular weight excluding hydrogens is 314 g/mol. The Morgan fingerprint density at radius 3 is 2.52 bits per heavy atom. The van der Waals surface area contributed by atoms with Gasteiger partial charge in [0.05, 0.1) is 6.54 Å². The first kappa shape index (κ1) is 19.3. The van der Waals surface area contributed by atoms with E-state index in [1.807, 2.05) is 38.1 Å². The summed E-state index contributed by atoms with van der Waals surface area (Å²) in [5, 5.41) is 3.00. The lowest BCUT2D eigenvalue weighted by Gasteiger charge is -2.20. The maximum atomic E-state index is 12.6. The molecule has 25 heavy (non-hydrogen) atoms. The Kier molecular flexibility index (Phi) is 7.29. The summed E-state index contributed by atoms with van der Waals surface area (Å²) in [5.74, 6) is -0.0295. The van der Waals surface area contributed by atoms with Crippen LogP contribution in [0.15, 0.2) is 24.3 Å². The van der Waals surface area contributed by atoms with Crippen molar-refractivity contribution in [3.05, 3.63) is 35.4 Å². The average molecular weight is 345 g/mol. The van der Waals surface area contributed by atoms with E-state index in [1.165, 1.54) is 18.4 Å². The van der Waals surface area contributed by atoms with Crippen LogP contribution in [0.4, 0.5) is 4.79 Å². The summed E-state index contributed by atoms with van der Waals surface area (Å²) < 4.78 is 0. The van der Waals surface area contributed by atoms with E-state index in [4.69, 9.17) is 0 Å². The lowest BCUT2D eigenvalue weighted by molar-refractivity contribution is -0.124. The molecule has 1 aromatic rings. The number of benzene rings is 1. The summed E-state index contributed by atoms with van der Waals surface area (Å²) in [5.41, 5.74) is 2.29. The van der Waals surface area contributed by atoms with Gasteiger partial charge in [0.15, 0.2) is 0 Å². The van der Waals surface area contributed by atoms with E-state index in [9.17, 15) is 9.59 Å². The zero-order valence-electron chi connectivity index (χ0n) is 15.8. The second-order valence-electron chi connectivity index (χ2n) is 6.80. The fourth-order valence-corrected chi connectivity index (χ4v) is 3.21. The molecule has 2 rings (SSSR count). The third-order valence-electron chi connectivity index (χ3n) is 4.75. The predicted molar refractivity (Wildman–Crippen MR) is 100 cm³/mol. The van der Waals surface area contributed by atoms with Gasteiger partial charge in [0.25, 0.3) is 0 Å². The van der Waals surface area contributed by atoms with Crippen LogP contribution in [0, 0.1) is 6.92 Å². The van der Waals surface area contributed by atoms with Crippen LogP contribution in [0.5, 0.6) is 0 Å². The van der Waals surface area contributed by atoms with Crippen molar-refractivity contribution in [1.29, 1.82) is 0 Å². The number of likely N-dealkylation sites (N-methyl/N-ethyl adjacent to an activating group) is 1. The number of nitrogens with one attached hydrogen (secondary N) is 1. The molecule has 0 saturated carbocycles. The molecule has 1 fully saturated rings. The summed E-state index contributed by atoms with van der Waals surface area (Å²) in [6.07, 6.45) is 4.52. The molecule has 0 spiro atoms. The van der Waals surface area contributed by atoms with Crippen molar-refractivity contribution >= 4 is 11.9 Å². The lowest BCUT2D eigenvalue weighted by atomic mass is 10.1. The third-order valence-corrected chi connectivity index (χ3v) is 4.75. The highest BCUT2D eigenvalue weighted by atomic mass is 16.2. The van der Waals surface area contributed by atoms with E-state index in [0.29, 0.717) is 26.2 Å². The van der Waals surface area contributed by atoms with Crippen LogP contribution >= 0.6 is 0 Å². The van der Waals surface area contributed by atoms with Gasteiger partial charge in [0.1, 0.15) is 6.04 Å². The summed E-state index contributed by atoms with van der Waals surface area (Å²) in [7, 11) is 0. The van der Waals surface area contributed by atoms with E-state index < -0.39 is 0 Å². The average Bonchev–Trinajstić information content (AvgIpc) is 2.92. The zero-order valence-corrected chi connectivity index (χ0v) is 15.8. The number of nitrogens with zero attached hydrogens (tertiary/aromatic N) is 2. The van der Waals surface area contributed by atoms with Gasteiger partial charge in [-0.3, -0.25) is 4.79 Å². The Hall–Kier alpha value is -2.04. The van der Waals surface area contributed by atoms with Crippen LogP contribution in [0.2, 0.25) is 0 Å². The van der Waals surface area contributed by atoms with Gasteiger partial charge in [-0.2, -0.15) is 0 Å². The van der Waals surface area contributed by atoms with Crippen LogP contribution in [-0.2, 0) is 11.3 Å². The van der Waals surface area contributed by atoms with Gasteiger partial charge in [-0.25, -0.2) is 4.79 Å². The number of aryl methyl sites for hydroxylation is 1. The number of rotatable bonds is 9. The molecule has 1 aliphatic heterocycles. The molecule has 0 aliphatic carbocycles. The molecule has 0 bridgehead atoms. The van der Waals surface area contributed by atoms with E-state index in [-0.39, 0.29) is 18.0 Å². The minimum atomic E-state index is -0.380. The van der Waals surface area contributed by atoms with Crippen molar-refractivity contribution in [1.82, 2.24) is 15.1 Å². The quantitative estimate of drug-likeness (QED) is 0.698. The molecule has 1 atom stereocenters. The standard InChI is InChI=1S/C20H31N3O2/c1-4-6-7-8-13-21-19(24)18-15-22(20(25)23(18)5-2)14-17-11-9-16(3)10-12-17/h9-12,18H,4-8,13-15H2,1-3H3,(H,21,24)/t18-/m0/s1. The van der Waals surface area contributed by atoms with Gasteiger partial charge < -0.3 is 15.1 Å². The molecule has 1 aromatic carbocycles. The normalized spacial score (nSPS) is 17.2. The predicted octanol–water partition coefficient (Wildman–Crippen LogP) is 3.32. The van der Waals surface area contributed by atoms with Crippen LogP contribution in [0.1, 0.15) is 50.7 Å². The van der Waals surface area contributed by atoms with Crippen molar-refractivity contribution in [3.8, 4) is 0 Å². The maximum absolute atomic E-state index is 12.6. The first-order valence-electron chi connectivity index (χ1n) is 9.45. The maximum Gasteiger partial charge on any atom is 0.321 e. The van der Waals surface area contributed by atoms with Gasteiger partial charge >= 0.3 is 6.03 Å². The summed E-state index contributed by atoms with van der Waals surface area (Å²) in [6.45, 7) is 8.40. The minimum absolute atomic E-state index is 0.0295. The molecule has 1 aliphatic rings. The topological polar surface area (TPSA) is 52.7 Å². The van der Waals surface area contributed by atoms with E-state index in [1.54, 1.807) is 9.80 Å². The second kappa shape index (κ2) is 9.44. The monoisotopic (exact) mass is 345 g/mol. The number of carbonyl (C=O) groups excluding carboxylic acids is 2. The summed E-state index contributed by atoms with van der Waals surface area (Å²) in [4.78, 5) is 28.6. The van der Waals surface area contributed by atoms with Crippen molar-refractivity contribution < 1.29 is 9.59 Å². The zero-order chi connectivity index (χ0) is 18.2. The highest BCUT2D eigenvalue weighted by Crippen LogP contribution is 2.19. The Balaban J connectivity index is 1.91. The third kappa shape index (κ3) is 5.21. The van der Waals surface area contributed by atoms with Crippen molar-refractivity contribution in [2.24, 2.45) is 0 Å². The molecule has 5 nitrogen and oxygen atoms in total. The molecule has 1 saturated heterocycles. The largest absolute Gasteiger partial charge is 0.354 e. The molecule has 1 heterocycles. The first-order chi connectivity index (χ1) is 12.1. The van der Waals surface area contributed by atoms with E-state index in [2.05, 4.69) is 12.2 Å². The van der Waals surface area contributed by atoms with Crippen molar-refractivity contribution in [3.63, 3.8) is 0 Å². The highest BCUT2D eigenvalue weighted by molar-refractivity contribution is 5.90. The molecule has 5 heteroatoms. The first-order valence-corrected chi connectivity index (χ1v) is 9.45. The molecule has 0 radical (unpaired) electrons. The van der Waals surface area contributed by atoms with Crippen LogP contribution in [0.25, 0.3) is 0 Å². The lowest BCUT2D eigenvalue weighted by Crippen LogP contribution is -2.45. The number of hydrogen-bond acceptors (Lipinski definition) is 2. The SMILES string of the molecule is CCCCCCNC(=O)[C@@H]1CN(Cc2ccc(C)cc2)C(=O)N1CC. The molecule has 0 aromatic heterocycles. The van der Waals surface area contributed by atoms with Gasteiger partial charge in [-0.15, -0.1) is 0 Å². The number of hydrogen-bond donors (Lipinski definition) is 1. The fraction of sp³-hybridized carbons (Fsp3) is 0.600. The van der Waals surface area contributed by atoms with Gasteiger partial charge in [-0.1, -0.05) is 56.0 Å². The van der Waals surface area contributed by atoms with Gasteiger partial charge in [0, 0.05) is 19.6 Å². The number of amides is 3. The van der Waals surface area contributed by atoms with Crippen molar-refractivity contribution in [2.45, 2.75) is 59.0 Å². The second-order valence-corrected chi connectivity index (χ2v) is 6.80. The highest BCUT2D eigenvalue weighted by Gasteiger charge is 2.40. The Labute approximate surface area is 151 Å². The van der Waals surface area contributed by atoms with Crippen LogP contribution in [-0.4, -0.2) is 47.4 Å². The Morgan fingerprint density at radius 1 is 1.16 bits per heavy atom. The molecule has 3 amide bonds. The van der Waals surface area contributed by atoms with Crippen LogP contribution < -0.4 is 5.32 Å². The van der Waals surface area contributed by atoms with Gasteiger partial charge in [0.2, 0.25) is 5.91 Å². The number of carbonyl (C=O) groups is 2. The molecule has 0 unspecified atom stereocenters. The Morgan fingerprint density at radius 2 is 1.88 bits per heavy atom. The minimum Gasteiger partial charge on any atom is -0.354 e. The molecular formula is C20H31N3O2. The number of urea groups is 1. The van der Waals surface area contributed by atoms with Gasteiger partial charge in [-0.05, 0) is 25.8 Å². The number of unbranched alkanes of at least 4 members (excludes halogenated alkanes) is 3. The Bertz CT molecular complexity index is 571. The fourth-order valence-electron chi connectivity index (χ4n) is 3.21. The van der Waals surface area contributed by atoms with Crippen molar-refractivity contribution in [2.75, 3.05) is 19.6 Å². The van der Waals surface area contributed by atoms with E-state index in [0.717, 1.165) is 18.4 Å². The summed E-state index contributed by atoms with van der Waals surface area (Å²) >= 11 is 0. The van der Waals surface area contributed by atoms with Crippen LogP contribution in [0.3, 0.4) is 0 Å². The summed E-state index contributed by atoms with van der Waals surface area (Å²) in [6, 6.07) is 7.76. The molecule has 1 N–H and O–H groups in total. The molecule has 138 valence electrons.